The van der Waals surface area contributed by atoms with E-state index in [-0.39, 0.29) is 5.91 Å². The Balaban J connectivity index is 1.72. The molecule has 150 valence electrons. The highest BCUT2D eigenvalue weighted by Gasteiger charge is 2.14. The second kappa shape index (κ2) is 8.21. The van der Waals surface area contributed by atoms with Crippen LogP contribution in [-0.2, 0) is 7.05 Å². The van der Waals surface area contributed by atoms with E-state index >= 15 is 0 Å². The summed E-state index contributed by atoms with van der Waals surface area (Å²) in [4.78, 5) is 17.5. The van der Waals surface area contributed by atoms with Crippen LogP contribution in [0.5, 0.6) is 0 Å². The van der Waals surface area contributed by atoms with Gasteiger partial charge >= 0.3 is 0 Å². The van der Waals surface area contributed by atoms with Crippen molar-refractivity contribution in [3.63, 3.8) is 0 Å². The summed E-state index contributed by atoms with van der Waals surface area (Å²) in [7, 11) is 1.87. The fourth-order valence-electron chi connectivity index (χ4n) is 3.21. The number of amides is 1. The Hall–Kier alpha value is -3.93. The zero-order valence-electron chi connectivity index (χ0n) is 17.2. The fourth-order valence-corrected chi connectivity index (χ4v) is 3.21. The third-order valence-electron chi connectivity index (χ3n) is 4.85. The Labute approximate surface area is 175 Å². The maximum absolute atomic E-state index is 12.9. The van der Waals surface area contributed by atoms with Crippen molar-refractivity contribution in [1.29, 1.82) is 0 Å². The minimum Gasteiger partial charge on any atom is -0.338 e. The highest BCUT2D eigenvalue weighted by atomic mass is 16.1. The molecule has 0 unspecified atom stereocenters. The molecule has 0 spiro atoms. The van der Waals surface area contributed by atoms with E-state index in [1.807, 2.05) is 75.6 Å². The van der Waals surface area contributed by atoms with Gasteiger partial charge in [0.05, 0.1) is 11.9 Å². The van der Waals surface area contributed by atoms with Gasteiger partial charge in [0.15, 0.2) is 5.82 Å². The molecule has 6 nitrogen and oxygen atoms in total. The van der Waals surface area contributed by atoms with Crippen molar-refractivity contribution in [2.45, 2.75) is 13.8 Å². The summed E-state index contributed by atoms with van der Waals surface area (Å²) in [5, 5.41) is 10.6. The fraction of sp³-hybridized carbons (Fsp3) is 0.125. The number of aryl methyl sites for hydroxylation is 3. The van der Waals surface area contributed by atoms with E-state index in [0.717, 1.165) is 27.9 Å². The van der Waals surface area contributed by atoms with Crippen LogP contribution in [-0.4, -0.2) is 20.7 Å². The quantitative estimate of drug-likeness (QED) is 0.492. The van der Waals surface area contributed by atoms with Gasteiger partial charge in [-0.15, -0.1) is 0 Å². The van der Waals surface area contributed by atoms with Crippen LogP contribution in [0.15, 0.2) is 73.2 Å². The summed E-state index contributed by atoms with van der Waals surface area (Å²) < 4.78 is 1.74. The van der Waals surface area contributed by atoms with E-state index in [0.29, 0.717) is 17.1 Å². The number of rotatable bonds is 5. The van der Waals surface area contributed by atoms with E-state index in [2.05, 4.69) is 20.7 Å². The van der Waals surface area contributed by atoms with Gasteiger partial charge in [-0.25, -0.2) is 4.98 Å². The predicted octanol–water partition coefficient (Wildman–Crippen LogP) is 5.09. The van der Waals surface area contributed by atoms with Gasteiger partial charge in [-0.1, -0.05) is 35.9 Å². The first-order valence-electron chi connectivity index (χ1n) is 9.69. The molecule has 0 radical (unpaired) electrons. The first-order valence-corrected chi connectivity index (χ1v) is 9.69. The normalized spacial score (nSPS) is 10.6. The van der Waals surface area contributed by atoms with E-state index < -0.39 is 0 Å². The molecule has 0 aliphatic heterocycles. The van der Waals surface area contributed by atoms with Crippen LogP contribution >= 0.6 is 0 Å². The predicted molar refractivity (Wildman–Crippen MR) is 120 cm³/mol. The zero-order valence-corrected chi connectivity index (χ0v) is 17.2. The Morgan fingerprint density at radius 2 is 1.77 bits per heavy atom. The summed E-state index contributed by atoms with van der Waals surface area (Å²) in [6, 6.07) is 17.4. The molecule has 0 saturated carbocycles. The smallest absolute Gasteiger partial charge is 0.255 e. The molecule has 30 heavy (non-hydrogen) atoms. The average molecular weight is 397 g/mol. The lowest BCUT2D eigenvalue weighted by atomic mass is 10.1. The topological polar surface area (TPSA) is 71.8 Å². The van der Waals surface area contributed by atoms with Crippen LogP contribution in [0.25, 0.3) is 11.1 Å². The van der Waals surface area contributed by atoms with Crippen LogP contribution in [0.2, 0.25) is 0 Å². The molecule has 0 saturated heterocycles. The molecule has 4 rings (SSSR count). The summed E-state index contributed by atoms with van der Waals surface area (Å²) in [5.74, 6) is 0.398. The van der Waals surface area contributed by atoms with E-state index in [4.69, 9.17) is 0 Å². The lowest BCUT2D eigenvalue weighted by Crippen LogP contribution is -2.14. The Bertz CT molecular complexity index is 1210. The molecule has 0 aliphatic rings. The third kappa shape index (κ3) is 4.22. The van der Waals surface area contributed by atoms with Crippen molar-refractivity contribution in [3.05, 3.63) is 89.9 Å². The van der Waals surface area contributed by atoms with Gasteiger partial charge in [0.1, 0.15) is 0 Å². The monoisotopic (exact) mass is 397 g/mol. The summed E-state index contributed by atoms with van der Waals surface area (Å²) in [6.45, 7) is 3.99. The number of anilines is 3. The number of nitrogens with one attached hydrogen (secondary N) is 2. The van der Waals surface area contributed by atoms with Crippen LogP contribution in [0.1, 0.15) is 21.5 Å². The average Bonchev–Trinajstić information content (AvgIpc) is 3.17. The highest BCUT2D eigenvalue weighted by molar-refractivity contribution is 6.06. The van der Waals surface area contributed by atoms with Crippen molar-refractivity contribution in [2.75, 3.05) is 10.6 Å². The largest absolute Gasteiger partial charge is 0.338 e. The minimum absolute atomic E-state index is 0.184. The molecule has 2 aromatic heterocycles. The molecular weight excluding hydrogens is 374 g/mol. The second-order valence-electron chi connectivity index (χ2n) is 7.29. The van der Waals surface area contributed by atoms with E-state index in [1.54, 1.807) is 23.1 Å². The molecule has 2 aromatic carbocycles. The molecule has 0 fully saturated rings. The summed E-state index contributed by atoms with van der Waals surface area (Å²) in [6.07, 6.45) is 5.47. The first kappa shape index (κ1) is 19.4. The lowest BCUT2D eigenvalue weighted by molar-refractivity contribution is 0.102. The van der Waals surface area contributed by atoms with Crippen LogP contribution in [0.4, 0.5) is 17.2 Å². The van der Waals surface area contributed by atoms with E-state index in [9.17, 15) is 4.79 Å². The molecule has 1 amide bonds. The maximum Gasteiger partial charge on any atom is 0.255 e. The molecule has 0 atom stereocenters. The number of aromatic nitrogens is 3. The molecule has 2 N–H and O–H groups in total. The maximum atomic E-state index is 12.9. The van der Waals surface area contributed by atoms with Gasteiger partial charge in [0.25, 0.3) is 5.91 Å². The number of hydrogen-bond acceptors (Lipinski definition) is 4. The highest BCUT2D eigenvalue weighted by Crippen LogP contribution is 2.30. The van der Waals surface area contributed by atoms with Gasteiger partial charge in [0, 0.05) is 41.8 Å². The Kier molecular flexibility index (Phi) is 5.30. The molecule has 0 aliphatic carbocycles. The van der Waals surface area contributed by atoms with Crippen molar-refractivity contribution in [2.24, 2.45) is 7.05 Å². The number of carbonyl (C=O) groups excluding carboxylic acids is 1. The van der Waals surface area contributed by atoms with E-state index in [1.165, 1.54) is 0 Å². The van der Waals surface area contributed by atoms with Gasteiger partial charge in [-0.05, 0) is 43.7 Å². The first-order chi connectivity index (χ1) is 14.5. The SMILES string of the molecule is Cc1cccc(C(=O)Nc2cc(-c3cnn(C)c3)cnc2Nc2ccccc2C)c1. The molecular formula is C24H23N5O. The van der Waals surface area contributed by atoms with Crippen LogP contribution < -0.4 is 10.6 Å². The van der Waals surface area contributed by atoms with Gasteiger partial charge < -0.3 is 10.6 Å². The van der Waals surface area contributed by atoms with Crippen molar-refractivity contribution < 1.29 is 4.79 Å². The summed E-state index contributed by atoms with van der Waals surface area (Å²) >= 11 is 0. The number of nitrogens with zero attached hydrogens (tertiary/aromatic N) is 3. The second-order valence-corrected chi connectivity index (χ2v) is 7.29. The number of carbonyl (C=O) groups is 1. The van der Waals surface area contributed by atoms with Crippen molar-refractivity contribution in [3.8, 4) is 11.1 Å². The molecule has 4 aromatic rings. The molecule has 6 heteroatoms. The Morgan fingerprint density at radius 3 is 2.50 bits per heavy atom. The van der Waals surface area contributed by atoms with Gasteiger partial charge in [-0.3, -0.25) is 9.48 Å². The van der Waals surface area contributed by atoms with Gasteiger partial charge in [0.2, 0.25) is 0 Å². The minimum atomic E-state index is -0.184. The Morgan fingerprint density at radius 1 is 0.933 bits per heavy atom. The third-order valence-corrected chi connectivity index (χ3v) is 4.85. The zero-order chi connectivity index (χ0) is 21.1. The summed E-state index contributed by atoms with van der Waals surface area (Å²) in [5.41, 5.74) is 6.06. The van der Waals surface area contributed by atoms with Crippen molar-refractivity contribution in [1.82, 2.24) is 14.8 Å². The standard InChI is InChI=1S/C24H23N5O/c1-16-7-6-9-18(11-16)24(30)28-22-12-19(20-14-26-29(3)15-20)13-25-23(22)27-21-10-5-4-8-17(21)2/h4-15H,1-3H3,(H,25,27)(H,28,30). The van der Waals surface area contributed by atoms with Crippen molar-refractivity contribution >= 4 is 23.1 Å². The lowest BCUT2D eigenvalue weighted by Gasteiger charge is -2.15. The van der Waals surface area contributed by atoms with Crippen LogP contribution in [0, 0.1) is 13.8 Å². The molecule has 0 bridgehead atoms. The van der Waals surface area contributed by atoms with Gasteiger partial charge in [-0.2, -0.15) is 5.10 Å². The number of para-hydroxylation sites is 1. The number of hydrogen-bond donors (Lipinski definition) is 2. The van der Waals surface area contributed by atoms with Crippen LogP contribution in [0.3, 0.4) is 0 Å². The molecule has 2 heterocycles. The number of pyridine rings is 1. The number of benzene rings is 2.